The summed E-state index contributed by atoms with van der Waals surface area (Å²) in [5, 5.41) is 10.4. The number of nitrogens with zero attached hydrogens (tertiary/aromatic N) is 2. The minimum Gasteiger partial charge on any atom is -0.494 e. The van der Waals surface area contributed by atoms with E-state index in [1.165, 1.54) is 29.6 Å². The number of benzene rings is 1. The first kappa shape index (κ1) is 19.6. The normalized spacial score (nSPS) is 11.0. The summed E-state index contributed by atoms with van der Waals surface area (Å²) in [5.74, 6) is 0.933. The SMILES string of the molecule is Br.CCOc1ccc(N=Cc2sc3sc(C(C)=O)c(C)[n+]3c2O)cc1. The fourth-order valence-corrected chi connectivity index (χ4v) is 4.69. The van der Waals surface area contributed by atoms with Gasteiger partial charge in [0.25, 0.3) is 0 Å². The zero-order valence-electron chi connectivity index (χ0n) is 14.0. The lowest BCUT2D eigenvalue weighted by atomic mass is 10.3. The second-order valence-electron chi connectivity index (χ2n) is 5.15. The largest absolute Gasteiger partial charge is 0.494 e. The number of aromatic nitrogens is 1. The van der Waals surface area contributed by atoms with Gasteiger partial charge >= 0.3 is 10.0 Å². The number of ether oxygens (including phenoxy) is 1. The number of carbonyl (C=O) groups excluding carboxylic acids is 1. The molecule has 0 aliphatic rings. The van der Waals surface area contributed by atoms with Crippen LogP contribution in [0.5, 0.6) is 11.6 Å². The van der Waals surface area contributed by atoms with E-state index in [4.69, 9.17) is 4.74 Å². The molecule has 1 N–H and O–H groups in total. The monoisotopic (exact) mass is 441 g/mol. The predicted octanol–water partition coefficient (Wildman–Crippen LogP) is 4.49. The van der Waals surface area contributed by atoms with Crippen molar-refractivity contribution in [2.75, 3.05) is 6.61 Å². The summed E-state index contributed by atoms with van der Waals surface area (Å²) in [6.45, 7) is 5.93. The average molecular weight is 442 g/mol. The van der Waals surface area contributed by atoms with Crippen LogP contribution in [0, 0.1) is 6.92 Å². The number of thiazole rings is 2. The van der Waals surface area contributed by atoms with Gasteiger partial charge in [-0.15, -0.1) is 21.4 Å². The molecule has 3 rings (SSSR count). The van der Waals surface area contributed by atoms with Gasteiger partial charge in [0, 0.05) is 13.8 Å². The molecule has 2 heterocycles. The molecule has 0 saturated heterocycles. The summed E-state index contributed by atoms with van der Waals surface area (Å²) in [5.41, 5.74) is 1.54. The van der Waals surface area contributed by atoms with Crippen LogP contribution >= 0.6 is 39.7 Å². The number of hydrogen-bond acceptors (Lipinski definition) is 6. The standard InChI is InChI=1S/C17H16N2O3S2.BrH/c1-4-22-13-7-5-12(6-8-13)18-9-14-16(21)19-10(2)15(11(3)20)24-17(19)23-14;/h5-9H,4H2,1-3H3;1H/p+1. The Balaban J connectivity index is 0.00000225. The molecule has 0 bridgehead atoms. The van der Waals surface area contributed by atoms with Crippen LogP contribution in [-0.4, -0.2) is 23.7 Å². The second kappa shape index (κ2) is 8.07. The van der Waals surface area contributed by atoms with Gasteiger partial charge in [-0.1, -0.05) is 0 Å². The summed E-state index contributed by atoms with van der Waals surface area (Å²) in [7, 11) is 0. The third-order valence-corrected chi connectivity index (χ3v) is 5.97. The number of fused-ring (bicyclic) bond motifs is 1. The maximum Gasteiger partial charge on any atom is 0.392 e. The Morgan fingerprint density at radius 1 is 1.32 bits per heavy atom. The number of aliphatic imine (C=N–C) groups is 1. The molecule has 3 aromatic rings. The van der Waals surface area contributed by atoms with E-state index in [0.29, 0.717) is 16.4 Å². The predicted molar refractivity (Wildman–Crippen MR) is 107 cm³/mol. The fraction of sp³-hybridized carbons (Fsp3) is 0.235. The molecule has 0 radical (unpaired) electrons. The fourth-order valence-electron chi connectivity index (χ4n) is 2.35. The number of ketones is 1. The van der Waals surface area contributed by atoms with Gasteiger partial charge in [-0.3, -0.25) is 9.79 Å². The van der Waals surface area contributed by atoms with Crippen molar-refractivity contribution in [1.29, 1.82) is 0 Å². The Morgan fingerprint density at radius 2 is 2.00 bits per heavy atom. The molecule has 2 aromatic heterocycles. The van der Waals surface area contributed by atoms with E-state index >= 15 is 0 Å². The third-order valence-electron chi connectivity index (χ3n) is 3.46. The number of hydrogen-bond donors (Lipinski definition) is 1. The first-order chi connectivity index (χ1) is 11.5. The number of Topliss-reactive ketones (excluding diaryl/α,β-unsaturated/α-hetero) is 1. The molecule has 5 nitrogen and oxygen atoms in total. The number of aryl methyl sites for hydroxylation is 1. The number of carbonyl (C=O) groups is 1. The molecule has 0 saturated carbocycles. The quantitative estimate of drug-likeness (QED) is 0.360. The highest BCUT2D eigenvalue weighted by Gasteiger charge is 2.28. The molecule has 8 heteroatoms. The van der Waals surface area contributed by atoms with E-state index in [9.17, 15) is 9.90 Å². The molecule has 0 unspecified atom stereocenters. The Bertz CT molecular complexity index is 930. The molecule has 25 heavy (non-hydrogen) atoms. The second-order valence-corrected chi connectivity index (χ2v) is 7.44. The third kappa shape index (κ3) is 3.91. The average Bonchev–Trinajstić information content (AvgIpc) is 3.04. The van der Waals surface area contributed by atoms with Crippen LogP contribution in [0.15, 0.2) is 29.3 Å². The van der Waals surface area contributed by atoms with Crippen molar-refractivity contribution in [3.8, 4) is 11.6 Å². The number of rotatable bonds is 5. The van der Waals surface area contributed by atoms with E-state index in [2.05, 4.69) is 4.99 Å². The molecule has 0 aliphatic heterocycles. The highest BCUT2D eigenvalue weighted by atomic mass is 79.9. The maximum atomic E-state index is 11.6. The van der Waals surface area contributed by atoms with Crippen LogP contribution in [0.25, 0.3) is 4.14 Å². The van der Waals surface area contributed by atoms with Crippen molar-refractivity contribution in [3.63, 3.8) is 0 Å². The van der Waals surface area contributed by atoms with Gasteiger partial charge < -0.3 is 9.84 Å². The van der Waals surface area contributed by atoms with E-state index in [1.54, 1.807) is 10.6 Å². The maximum absolute atomic E-state index is 11.6. The topological polar surface area (TPSA) is 63.0 Å². The molecule has 0 amide bonds. The summed E-state index contributed by atoms with van der Waals surface area (Å²) in [6.07, 6.45) is 1.64. The van der Waals surface area contributed by atoms with E-state index in [-0.39, 0.29) is 28.6 Å². The van der Waals surface area contributed by atoms with E-state index in [1.807, 2.05) is 38.1 Å². The van der Waals surface area contributed by atoms with Crippen LogP contribution in [0.1, 0.15) is 34.1 Å². The van der Waals surface area contributed by atoms with Gasteiger partial charge in [-0.05, 0) is 53.9 Å². The Morgan fingerprint density at radius 3 is 2.56 bits per heavy atom. The van der Waals surface area contributed by atoms with Crippen molar-refractivity contribution >= 4 is 61.5 Å². The molecular formula is C17H18BrN2O3S2+. The van der Waals surface area contributed by atoms with Crippen molar-refractivity contribution in [3.05, 3.63) is 39.7 Å². The zero-order valence-corrected chi connectivity index (χ0v) is 17.3. The minimum absolute atomic E-state index is 0. The first-order valence-corrected chi connectivity index (χ1v) is 9.09. The summed E-state index contributed by atoms with van der Waals surface area (Å²) < 4.78 is 7.96. The van der Waals surface area contributed by atoms with Crippen LogP contribution in [0.3, 0.4) is 0 Å². The van der Waals surface area contributed by atoms with E-state index in [0.717, 1.165) is 21.3 Å². The molecule has 0 aliphatic carbocycles. The first-order valence-electron chi connectivity index (χ1n) is 7.46. The van der Waals surface area contributed by atoms with Crippen LogP contribution in [-0.2, 0) is 0 Å². The van der Waals surface area contributed by atoms with Crippen molar-refractivity contribution in [2.24, 2.45) is 4.99 Å². The van der Waals surface area contributed by atoms with Gasteiger partial charge in [-0.2, -0.15) is 0 Å². The summed E-state index contributed by atoms with van der Waals surface area (Å²) in [4.78, 5) is 17.3. The Labute approximate surface area is 164 Å². The Kier molecular flexibility index (Phi) is 6.31. The Hall–Kier alpha value is -1.77. The van der Waals surface area contributed by atoms with Gasteiger partial charge in [0.1, 0.15) is 10.6 Å². The molecule has 0 atom stereocenters. The van der Waals surface area contributed by atoms with Crippen molar-refractivity contribution in [2.45, 2.75) is 20.8 Å². The molecule has 0 spiro atoms. The summed E-state index contributed by atoms with van der Waals surface area (Å²) >= 11 is 2.80. The van der Waals surface area contributed by atoms with E-state index < -0.39 is 0 Å². The molecular weight excluding hydrogens is 424 g/mol. The summed E-state index contributed by atoms with van der Waals surface area (Å²) in [6, 6.07) is 7.45. The molecule has 0 fully saturated rings. The molecule has 132 valence electrons. The number of halogens is 1. The van der Waals surface area contributed by atoms with Gasteiger partial charge in [0.15, 0.2) is 10.7 Å². The zero-order chi connectivity index (χ0) is 17.3. The van der Waals surface area contributed by atoms with Crippen LogP contribution in [0.4, 0.5) is 5.69 Å². The smallest absolute Gasteiger partial charge is 0.392 e. The van der Waals surface area contributed by atoms with Gasteiger partial charge in [0.2, 0.25) is 5.69 Å². The van der Waals surface area contributed by atoms with Gasteiger partial charge in [-0.25, -0.2) is 0 Å². The lowest BCUT2D eigenvalue weighted by Crippen LogP contribution is -2.20. The number of aromatic hydroxyl groups is 1. The minimum atomic E-state index is 0. The van der Waals surface area contributed by atoms with Gasteiger partial charge in [0.05, 0.1) is 18.5 Å². The van der Waals surface area contributed by atoms with Crippen LogP contribution in [0.2, 0.25) is 0 Å². The highest BCUT2D eigenvalue weighted by molar-refractivity contribution is 8.93. The highest BCUT2D eigenvalue weighted by Crippen LogP contribution is 2.30. The molecule has 1 aromatic carbocycles. The lowest BCUT2D eigenvalue weighted by Gasteiger charge is -2.01. The van der Waals surface area contributed by atoms with Crippen molar-refractivity contribution < 1.29 is 19.0 Å². The van der Waals surface area contributed by atoms with Crippen LogP contribution < -0.4 is 9.14 Å². The lowest BCUT2D eigenvalue weighted by molar-refractivity contribution is -0.521. The van der Waals surface area contributed by atoms with Crippen molar-refractivity contribution in [1.82, 2.24) is 0 Å².